The maximum atomic E-state index is 6.17. The first-order valence-corrected chi connectivity index (χ1v) is 5.82. The molecule has 0 saturated carbocycles. The van der Waals surface area contributed by atoms with Crippen LogP contribution in [0.15, 0.2) is 36.4 Å². The molecule has 0 spiro atoms. The van der Waals surface area contributed by atoms with Crippen LogP contribution >= 0.6 is 23.2 Å². The number of hydrogen-bond acceptors (Lipinski definition) is 1. The minimum Gasteiger partial charge on any atom is -0.379 e. The average Bonchev–Trinajstić information content (AvgIpc) is 2.28. The predicted octanol–water partition coefficient (Wildman–Crippen LogP) is 4.59. The summed E-state index contributed by atoms with van der Waals surface area (Å²) < 4.78 is 0. The van der Waals surface area contributed by atoms with Gasteiger partial charge in [0.05, 0.1) is 10.7 Å². The Labute approximate surface area is 104 Å². The highest BCUT2D eigenvalue weighted by molar-refractivity contribution is 6.37. The van der Waals surface area contributed by atoms with Crippen molar-refractivity contribution in [1.29, 1.82) is 0 Å². The van der Waals surface area contributed by atoms with Crippen LogP contribution in [-0.4, -0.2) is 0 Å². The van der Waals surface area contributed by atoms with Crippen LogP contribution in [0.2, 0.25) is 10.0 Å². The van der Waals surface area contributed by atoms with Crippen LogP contribution in [0.4, 0.5) is 5.69 Å². The summed E-state index contributed by atoms with van der Waals surface area (Å²) in [6.45, 7) is 0.810. The molecular weight excluding hydrogens is 241 g/mol. The average molecular weight is 250 g/mol. The molecule has 1 aliphatic heterocycles. The molecule has 0 radical (unpaired) electrons. The van der Waals surface area contributed by atoms with Gasteiger partial charge in [-0.1, -0.05) is 47.5 Å². The lowest BCUT2D eigenvalue weighted by Gasteiger charge is -2.22. The fraction of sp³-hybridized carbons (Fsp3) is 0.0769. The number of halogens is 2. The molecule has 16 heavy (non-hydrogen) atoms. The van der Waals surface area contributed by atoms with E-state index in [9.17, 15) is 0 Å². The van der Waals surface area contributed by atoms with Gasteiger partial charge in [0.2, 0.25) is 0 Å². The van der Waals surface area contributed by atoms with Crippen LogP contribution in [0.1, 0.15) is 5.56 Å². The molecule has 0 amide bonds. The second-order valence-electron chi connectivity index (χ2n) is 3.82. The fourth-order valence-electron chi connectivity index (χ4n) is 2.09. The first-order chi connectivity index (χ1) is 7.75. The van der Waals surface area contributed by atoms with E-state index in [4.69, 9.17) is 23.2 Å². The van der Waals surface area contributed by atoms with Crippen molar-refractivity contribution < 1.29 is 0 Å². The SMILES string of the molecule is Clc1cc(Cl)c2c(c1)-c1ccccc1CN2. The van der Waals surface area contributed by atoms with Crippen molar-refractivity contribution in [1.82, 2.24) is 0 Å². The summed E-state index contributed by atoms with van der Waals surface area (Å²) in [6, 6.07) is 12.0. The van der Waals surface area contributed by atoms with Crippen molar-refractivity contribution in [3.05, 3.63) is 52.0 Å². The Balaban J connectivity index is 2.31. The van der Waals surface area contributed by atoms with Crippen LogP contribution < -0.4 is 5.32 Å². The zero-order valence-electron chi connectivity index (χ0n) is 8.43. The number of nitrogens with one attached hydrogen (secondary N) is 1. The molecule has 0 aromatic heterocycles. The van der Waals surface area contributed by atoms with E-state index < -0.39 is 0 Å². The zero-order chi connectivity index (χ0) is 11.1. The van der Waals surface area contributed by atoms with Crippen molar-refractivity contribution in [3.8, 4) is 11.1 Å². The first-order valence-electron chi connectivity index (χ1n) is 5.07. The van der Waals surface area contributed by atoms with Gasteiger partial charge in [0.1, 0.15) is 0 Å². The smallest absolute Gasteiger partial charge is 0.0658 e. The van der Waals surface area contributed by atoms with E-state index in [1.165, 1.54) is 11.1 Å². The summed E-state index contributed by atoms with van der Waals surface area (Å²) in [7, 11) is 0. The Morgan fingerprint density at radius 3 is 2.69 bits per heavy atom. The highest BCUT2D eigenvalue weighted by atomic mass is 35.5. The molecular formula is C13H9Cl2N. The van der Waals surface area contributed by atoms with Gasteiger partial charge in [0.25, 0.3) is 0 Å². The molecule has 0 bridgehead atoms. The van der Waals surface area contributed by atoms with E-state index in [1.54, 1.807) is 6.07 Å². The Hall–Kier alpha value is -1.18. The molecule has 2 aromatic rings. The monoisotopic (exact) mass is 249 g/mol. The summed E-state index contributed by atoms with van der Waals surface area (Å²) in [6.07, 6.45) is 0. The second kappa shape index (κ2) is 3.69. The molecule has 0 unspecified atom stereocenters. The van der Waals surface area contributed by atoms with Gasteiger partial charge in [-0.2, -0.15) is 0 Å². The minimum atomic E-state index is 0.669. The third-order valence-corrected chi connectivity index (χ3v) is 3.33. The van der Waals surface area contributed by atoms with Gasteiger partial charge < -0.3 is 5.32 Å². The third kappa shape index (κ3) is 1.48. The summed E-state index contributed by atoms with van der Waals surface area (Å²) in [5.74, 6) is 0. The van der Waals surface area contributed by atoms with Crippen molar-refractivity contribution >= 4 is 28.9 Å². The Kier molecular flexibility index (Phi) is 2.31. The van der Waals surface area contributed by atoms with Gasteiger partial charge in [-0.15, -0.1) is 0 Å². The number of fused-ring (bicyclic) bond motifs is 3. The summed E-state index contributed by atoms with van der Waals surface area (Å²) >= 11 is 12.2. The first kappa shape index (κ1) is 10.0. The molecule has 0 aliphatic carbocycles. The Morgan fingerprint density at radius 1 is 1.00 bits per heavy atom. The lowest BCUT2D eigenvalue weighted by molar-refractivity contribution is 1.13. The lowest BCUT2D eigenvalue weighted by Crippen LogP contribution is -2.08. The van der Waals surface area contributed by atoms with Crippen LogP contribution in [0, 0.1) is 0 Å². The summed E-state index contributed by atoms with van der Waals surface area (Å²) in [5, 5.41) is 4.67. The van der Waals surface area contributed by atoms with Crippen molar-refractivity contribution in [2.45, 2.75) is 6.54 Å². The minimum absolute atomic E-state index is 0.669. The normalized spacial score (nSPS) is 12.6. The fourth-order valence-corrected chi connectivity index (χ4v) is 2.65. The lowest BCUT2D eigenvalue weighted by atomic mass is 9.95. The molecule has 3 heteroatoms. The molecule has 0 fully saturated rings. The molecule has 1 N–H and O–H groups in total. The van der Waals surface area contributed by atoms with Crippen LogP contribution in [-0.2, 0) is 6.54 Å². The van der Waals surface area contributed by atoms with Crippen LogP contribution in [0.25, 0.3) is 11.1 Å². The molecule has 1 nitrogen and oxygen atoms in total. The van der Waals surface area contributed by atoms with E-state index in [2.05, 4.69) is 17.4 Å². The van der Waals surface area contributed by atoms with E-state index >= 15 is 0 Å². The summed E-state index contributed by atoms with van der Waals surface area (Å²) in [4.78, 5) is 0. The van der Waals surface area contributed by atoms with E-state index in [0.29, 0.717) is 10.0 Å². The number of hydrogen-bond donors (Lipinski definition) is 1. The highest BCUT2D eigenvalue weighted by Gasteiger charge is 2.17. The number of anilines is 1. The van der Waals surface area contributed by atoms with E-state index in [0.717, 1.165) is 17.8 Å². The van der Waals surface area contributed by atoms with Crippen molar-refractivity contribution in [2.75, 3.05) is 5.32 Å². The topological polar surface area (TPSA) is 12.0 Å². The largest absolute Gasteiger partial charge is 0.379 e. The molecule has 0 saturated heterocycles. The molecule has 1 aliphatic rings. The third-order valence-electron chi connectivity index (χ3n) is 2.82. The maximum Gasteiger partial charge on any atom is 0.0658 e. The van der Waals surface area contributed by atoms with Crippen LogP contribution in [0.3, 0.4) is 0 Å². The second-order valence-corrected chi connectivity index (χ2v) is 4.66. The standard InChI is InChI=1S/C13H9Cl2N/c14-9-5-11-10-4-2-1-3-8(10)7-16-13(11)12(15)6-9/h1-6,16H,7H2. The quantitative estimate of drug-likeness (QED) is 0.721. The van der Waals surface area contributed by atoms with Gasteiger partial charge in [-0.05, 0) is 23.3 Å². The molecule has 1 heterocycles. The van der Waals surface area contributed by atoms with Crippen LogP contribution in [0.5, 0.6) is 0 Å². The molecule has 2 aromatic carbocycles. The zero-order valence-corrected chi connectivity index (χ0v) is 9.94. The summed E-state index contributed by atoms with van der Waals surface area (Å²) in [5.41, 5.74) is 4.54. The number of benzene rings is 2. The molecule has 80 valence electrons. The maximum absolute atomic E-state index is 6.17. The van der Waals surface area contributed by atoms with Gasteiger partial charge in [-0.25, -0.2) is 0 Å². The Bertz CT molecular complexity index is 564. The highest BCUT2D eigenvalue weighted by Crippen LogP contribution is 2.41. The predicted molar refractivity (Wildman–Crippen MR) is 69.2 cm³/mol. The molecule has 3 rings (SSSR count). The van der Waals surface area contributed by atoms with Gasteiger partial charge >= 0.3 is 0 Å². The van der Waals surface area contributed by atoms with Crippen molar-refractivity contribution in [2.24, 2.45) is 0 Å². The Morgan fingerprint density at radius 2 is 1.81 bits per heavy atom. The van der Waals surface area contributed by atoms with E-state index in [1.807, 2.05) is 18.2 Å². The molecule has 0 atom stereocenters. The van der Waals surface area contributed by atoms with Gasteiger partial charge in [0, 0.05) is 17.1 Å². The number of rotatable bonds is 0. The van der Waals surface area contributed by atoms with Crippen molar-refractivity contribution in [3.63, 3.8) is 0 Å². The van der Waals surface area contributed by atoms with Gasteiger partial charge in [-0.3, -0.25) is 0 Å². The van der Waals surface area contributed by atoms with Gasteiger partial charge in [0.15, 0.2) is 0 Å². The van der Waals surface area contributed by atoms with E-state index in [-0.39, 0.29) is 0 Å².